The van der Waals surface area contributed by atoms with Gasteiger partial charge < -0.3 is 10.6 Å². The third-order valence-corrected chi connectivity index (χ3v) is 2.34. The monoisotopic (exact) mass is 238 g/mol. The van der Waals surface area contributed by atoms with E-state index in [1.807, 2.05) is 6.92 Å². The van der Waals surface area contributed by atoms with Gasteiger partial charge in [-0.15, -0.1) is 12.3 Å². The van der Waals surface area contributed by atoms with Gasteiger partial charge in [-0.2, -0.15) is 0 Å². The molecular weight excluding hydrogens is 216 g/mol. The van der Waals surface area contributed by atoms with Crippen molar-refractivity contribution in [3.05, 3.63) is 0 Å². The van der Waals surface area contributed by atoms with Crippen LogP contribution >= 0.6 is 0 Å². The summed E-state index contributed by atoms with van der Waals surface area (Å²) in [7, 11) is 0. The minimum absolute atomic E-state index is 0.000589. The topological polar surface area (TPSA) is 58.2 Å². The van der Waals surface area contributed by atoms with E-state index in [9.17, 15) is 9.59 Å². The van der Waals surface area contributed by atoms with E-state index < -0.39 is 0 Å². The van der Waals surface area contributed by atoms with Gasteiger partial charge in [-0.25, -0.2) is 0 Å². The normalized spacial score (nSPS) is 11.4. The number of amides is 2. The van der Waals surface area contributed by atoms with Crippen LogP contribution in [0.25, 0.3) is 0 Å². The molecule has 0 aliphatic rings. The van der Waals surface area contributed by atoms with Gasteiger partial charge in [0.05, 0.1) is 0 Å². The van der Waals surface area contributed by atoms with Crippen LogP contribution in [0.5, 0.6) is 0 Å². The molecule has 0 saturated heterocycles. The Morgan fingerprint density at radius 3 is 2.65 bits per heavy atom. The lowest BCUT2D eigenvalue weighted by molar-refractivity contribution is -0.121. The molecule has 0 saturated carbocycles. The number of rotatable bonds is 8. The van der Waals surface area contributed by atoms with Gasteiger partial charge in [-0.3, -0.25) is 9.59 Å². The van der Waals surface area contributed by atoms with E-state index in [-0.39, 0.29) is 17.9 Å². The molecule has 0 fully saturated rings. The Labute approximate surface area is 104 Å². The maximum Gasteiger partial charge on any atom is 0.221 e. The van der Waals surface area contributed by atoms with Crippen molar-refractivity contribution in [2.45, 2.75) is 52.0 Å². The number of hydrogen-bond acceptors (Lipinski definition) is 2. The molecule has 0 spiro atoms. The van der Waals surface area contributed by atoms with Crippen molar-refractivity contribution in [1.82, 2.24) is 10.6 Å². The van der Waals surface area contributed by atoms with E-state index in [2.05, 4.69) is 16.6 Å². The molecule has 4 nitrogen and oxygen atoms in total. The Balaban J connectivity index is 3.46. The third-order valence-electron chi connectivity index (χ3n) is 2.34. The third kappa shape index (κ3) is 10.8. The number of carbonyl (C=O) groups excluding carboxylic acids is 2. The highest BCUT2D eigenvalue weighted by molar-refractivity contribution is 5.76. The van der Waals surface area contributed by atoms with Crippen molar-refractivity contribution in [3.8, 4) is 12.3 Å². The summed E-state index contributed by atoms with van der Waals surface area (Å²) in [6, 6.07) is 0.164. The summed E-state index contributed by atoms with van der Waals surface area (Å²) >= 11 is 0. The lowest BCUT2D eigenvalue weighted by Gasteiger charge is -2.13. The standard InChI is InChI=1S/C13H22N2O2/c1-4-5-9-13(17)15-11(2)8-6-7-10-14-12(3)16/h1,11H,5-10H2,2-3H3,(H,14,16)(H,15,17). The molecule has 1 atom stereocenters. The van der Waals surface area contributed by atoms with Crippen LogP contribution in [0.15, 0.2) is 0 Å². The number of terminal acetylenes is 1. The summed E-state index contributed by atoms with van der Waals surface area (Å²) in [5, 5.41) is 5.63. The van der Waals surface area contributed by atoms with Crippen LogP contribution in [0, 0.1) is 12.3 Å². The maximum absolute atomic E-state index is 11.3. The summed E-state index contributed by atoms with van der Waals surface area (Å²) in [5.74, 6) is 2.45. The van der Waals surface area contributed by atoms with Crippen molar-refractivity contribution in [1.29, 1.82) is 0 Å². The highest BCUT2D eigenvalue weighted by Gasteiger charge is 2.06. The average Bonchev–Trinajstić information content (AvgIpc) is 2.25. The molecule has 0 aliphatic carbocycles. The van der Waals surface area contributed by atoms with Gasteiger partial charge in [0.2, 0.25) is 11.8 Å². The maximum atomic E-state index is 11.3. The molecule has 96 valence electrons. The van der Waals surface area contributed by atoms with Crippen molar-refractivity contribution < 1.29 is 9.59 Å². The van der Waals surface area contributed by atoms with Crippen LogP contribution in [0.1, 0.15) is 46.0 Å². The van der Waals surface area contributed by atoms with Crippen LogP contribution in [0.2, 0.25) is 0 Å². The van der Waals surface area contributed by atoms with E-state index in [4.69, 9.17) is 6.42 Å². The van der Waals surface area contributed by atoms with E-state index in [1.165, 1.54) is 6.92 Å². The second kappa shape index (κ2) is 9.71. The van der Waals surface area contributed by atoms with Gasteiger partial charge >= 0.3 is 0 Å². The summed E-state index contributed by atoms with van der Waals surface area (Å²) in [6.07, 6.45) is 8.80. The first kappa shape index (κ1) is 15.5. The molecule has 4 heteroatoms. The van der Waals surface area contributed by atoms with Crippen molar-refractivity contribution in [2.75, 3.05) is 6.54 Å². The average molecular weight is 238 g/mol. The van der Waals surface area contributed by atoms with Gasteiger partial charge in [0, 0.05) is 32.4 Å². The summed E-state index contributed by atoms with van der Waals surface area (Å²) in [6.45, 7) is 4.19. The first-order chi connectivity index (χ1) is 8.06. The predicted molar refractivity (Wildman–Crippen MR) is 68.2 cm³/mol. The molecule has 0 radical (unpaired) electrons. The Bertz CT molecular complexity index is 282. The number of hydrogen-bond donors (Lipinski definition) is 2. The fourth-order valence-corrected chi connectivity index (χ4v) is 1.44. The Morgan fingerprint density at radius 1 is 1.35 bits per heavy atom. The Morgan fingerprint density at radius 2 is 2.06 bits per heavy atom. The molecule has 0 aromatic heterocycles. The Kier molecular flexibility index (Phi) is 8.85. The lowest BCUT2D eigenvalue weighted by Crippen LogP contribution is -2.32. The van der Waals surface area contributed by atoms with Gasteiger partial charge in [-0.05, 0) is 26.2 Å². The fraction of sp³-hybridized carbons (Fsp3) is 0.692. The van der Waals surface area contributed by atoms with Gasteiger partial charge in [-0.1, -0.05) is 0 Å². The minimum Gasteiger partial charge on any atom is -0.356 e. The van der Waals surface area contributed by atoms with E-state index in [0.717, 1.165) is 19.3 Å². The van der Waals surface area contributed by atoms with Crippen LogP contribution in [0.3, 0.4) is 0 Å². The number of carbonyl (C=O) groups is 2. The molecule has 2 amide bonds. The van der Waals surface area contributed by atoms with Gasteiger partial charge in [0.1, 0.15) is 0 Å². The summed E-state index contributed by atoms with van der Waals surface area (Å²) in [5.41, 5.74) is 0. The van der Waals surface area contributed by atoms with Crippen molar-refractivity contribution in [2.24, 2.45) is 0 Å². The molecule has 0 aliphatic heterocycles. The second-order valence-corrected chi connectivity index (χ2v) is 4.15. The highest BCUT2D eigenvalue weighted by atomic mass is 16.2. The molecule has 0 rings (SSSR count). The van der Waals surface area contributed by atoms with Gasteiger partial charge in [0.15, 0.2) is 0 Å². The highest BCUT2D eigenvalue weighted by Crippen LogP contribution is 2.00. The van der Waals surface area contributed by atoms with Gasteiger partial charge in [0.25, 0.3) is 0 Å². The second-order valence-electron chi connectivity index (χ2n) is 4.15. The Hall–Kier alpha value is -1.50. The zero-order chi connectivity index (χ0) is 13.1. The summed E-state index contributed by atoms with van der Waals surface area (Å²) < 4.78 is 0. The molecule has 17 heavy (non-hydrogen) atoms. The lowest BCUT2D eigenvalue weighted by atomic mass is 10.1. The molecule has 2 N–H and O–H groups in total. The molecular formula is C13H22N2O2. The predicted octanol–water partition coefficient (Wildman–Crippen LogP) is 1.21. The zero-order valence-corrected chi connectivity index (χ0v) is 10.7. The molecule has 0 aromatic carbocycles. The van der Waals surface area contributed by atoms with Crippen LogP contribution in [-0.4, -0.2) is 24.4 Å². The first-order valence-electron chi connectivity index (χ1n) is 6.03. The quantitative estimate of drug-likeness (QED) is 0.493. The number of nitrogens with one attached hydrogen (secondary N) is 2. The largest absolute Gasteiger partial charge is 0.356 e. The van der Waals surface area contributed by atoms with Crippen molar-refractivity contribution >= 4 is 11.8 Å². The molecule has 0 bridgehead atoms. The van der Waals surface area contributed by atoms with E-state index in [0.29, 0.717) is 19.4 Å². The van der Waals surface area contributed by atoms with E-state index in [1.54, 1.807) is 0 Å². The van der Waals surface area contributed by atoms with Crippen LogP contribution < -0.4 is 10.6 Å². The number of unbranched alkanes of at least 4 members (excludes halogenated alkanes) is 1. The van der Waals surface area contributed by atoms with Crippen molar-refractivity contribution in [3.63, 3.8) is 0 Å². The fourth-order valence-electron chi connectivity index (χ4n) is 1.44. The molecule has 0 heterocycles. The summed E-state index contributed by atoms with van der Waals surface area (Å²) in [4.78, 5) is 21.9. The first-order valence-corrected chi connectivity index (χ1v) is 6.03. The minimum atomic E-state index is 0.000589. The SMILES string of the molecule is C#CCCC(=O)NC(C)CCCCNC(C)=O. The molecule has 1 unspecified atom stereocenters. The van der Waals surface area contributed by atoms with Crippen LogP contribution in [-0.2, 0) is 9.59 Å². The molecule has 0 aromatic rings. The zero-order valence-electron chi connectivity index (χ0n) is 10.7. The smallest absolute Gasteiger partial charge is 0.221 e. The van der Waals surface area contributed by atoms with Crippen LogP contribution in [0.4, 0.5) is 0 Å². The van der Waals surface area contributed by atoms with E-state index >= 15 is 0 Å².